The average Bonchev–Trinajstić information content (AvgIpc) is 2.66. The van der Waals surface area contributed by atoms with E-state index in [1.54, 1.807) is 13.8 Å². The molecule has 0 aliphatic heterocycles. The molecule has 178 valence electrons. The number of aliphatic imine (C=N–C) groups is 1. The van der Waals surface area contributed by atoms with Gasteiger partial charge in [-0.3, -0.25) is 19.4 Å². The Kier molecular flexibility index (Phi) is 12.9. The molecule has 0 saturated carbocycles. The van der Waals surface area contributed by atoms with Crippen molar-refractivity contribution in [3.8, 4) is 0 Å². The Morgan fingerprint density at radius 1 is 0.968 bits per heavy atom. The van der Waals surface area contributed by atoms with E-state index in [0.717, 1.165) is 0 Å². The third-order valence-corrected chi connectivity index (χ3v) is 4.36. The number of carboxylic acids is 1. The van der Waals surface area contributed by atoms with Gasteiger partial charge in [-0.2, -0.15) is 0 Å². The van der Waals surface area contributed by atoms with Gasteiger partial charge in [0.15, 0.2) is 5.96 Å². The quantitative estimate of drug-likeness (QED) is 0.0924. The van der Waals surface area contributed by atoms with Crippen LogP contribution in [0.15, 0.2) is 4.99 Å². The van der Waals surface area contributed by atoms with Crippen molar-refractivity contribution in [2.45, 2.75) is 65.1 Å². The minimum absolute atomic E-state index is 0.0464. The molecule has 12 heteroatoms. The molecule has 0 radical (unpaired) electrons. The van der Waals surface area contributed by atoms with Crippen LogP contribution >= 0.6 is 0 Å². The SMILES string of the molecule is CC(C)C[C@H](NC(=O)CNC(=O)[C@@H](N)C(C)C)C(=O)N[C@@H](CCCN=C(N)N)C(=O)O. The van der Waals surface area contributed by atoms with Crippen molar-refractivity contribution in [3.63, 3.8) is 0 Å². The molecule has 0 aromatic heterocycles. The first-order valence-corrected chi connectivity index (χ1v) is 10.3. The predicted octanol–water partition coefficient (Wildman–Crippen LogP) is -1.76. The van der Waals surface area contributed by atoms with E-state index in [4.69, 9.17) is 17.2 Å². The standard InChI is InChI=1S/C19H37N7O5/c1-10(2)8-13(25-14(27)9-24-17(29)15(20)11(3)4)16(28)26-12(18(30)31)6-5-7-23-19(21)22/h10-13,15H,5-9,20H2,1-4H3,(H,24,29)(H,25,27)(H,26,28)(H,30,31)(H4,21,22,23)/t12-,13-,15-/m0/s1. The molecule has 0 unspecified atom stereocenters. The molecule has 3 amide bonds. The number of hydrogen-bond donors (Lipinski definition) is 7. The number of aliphatic carboxylic acids is 1. The molecule has 0 aromatic rings. The summed E-state index contributed by atoms with van der Waals surface area (Å²) in [6.45, 7) is 7.17. The Morgan fingerprint density at radius 3 is 2.06 bits per heavy atom. The van der Waals surface area contributed by atoms with E-state index in [1.807, 2.05) is 13.8 Å². The summed E-state index contributed by atoms with van der Waals surface area (Å²) in [6, 6.07) is -2.86. The van der Waals surface area contributed by atoms with Gasteiger partial charge < -0.3 is 38.3 Å². The molecule has 0 rings (SSSR count). The molecule has 0 aromatic carbocycles. The van der Waals surface area contributed by atoms with Crippen molar-refractivity contribution in [2.24, 2.45) is 34.0 Å². The van der Waals surface area contributed by atoms with Gasteiger partial charge in [-0.1, -0.05) is 27.7 Å². The Hall–Kier alpha value is -2.89. The van der Waals surface area contributed by atoms with Crippen molar-refractivity contribution in [2.75, 3.05) is 13.1 Å². The van der Waals surface area contributed by atoms with Gasteiger partial charge in [-0.05, 0) is 31.1 Å². The Balaban J connectivity index is 4.93. The largest absolute Gasteiger partial charge is 0.480 e. The number of nitrogens with zero attached hydrogens (tertiary/aromatic N) is 1. The molecule has 0 fully saturated rings. The lowest BCUT2D eigenvalue weighted by atomic mass is 10.0. The first-order valence-electron chi connectivity index (χ1n) is 10.3. The predicted molar refractivity (Wildman–Crippen MR) is 117 cm³/mol. The zero-order valence-corrected chi connectivity index (χ0v) is 18.7. The van der Waals surface area contributed by atoms with E-state index < -0.39 is 41.8 Å². The fourth-order valence-electron chi connectivity index (χ4n) is 2.57. The number of hydrogen-bond acceptors (Lipinski definition) is 6. The highest BCUT2D eigenvalue weighted by molar-refractivity contribution is 5.92. The van der Waals surface area contributed by atoms with Crippen LogP contribution < -0.4 is 33.2 Å². The molecule has 0 heterocycles. The van der Waals surface area contributed by atoms with Gasteiger partial charge in [0.1, 0.15) is 12.1 Å². The Bertz CT molecular complexity index is 648. The van der Waals surface area contributed by atoms with Gasteiger partial charge in [0.05, 0.1) is 12.6 Å². The van der Waals surface area contributed by atoms with E-state index >= 15 is 0 Å². The summed E-state index contributed by atoms with van der Waals surface area (Å²) in [5.41, 5.74) is 16.2. The lowest BCUT2D eigenvalue weighted by molar-refractivity contribution is -0.142. The second-order valence-electron chi connectivity index (χ2n) is 8.09. The minimum Gasteiger partial charge on any atom is -0.480 e. The van der Waals surface area contributed by atoms with Crippen LogP contribution in [0.4, 0.5) is 0 Å². The summed E-state index contributed by atoms with van der Waals surface area (Å²) < 4.78 is 0. The second-order valence-corrected chi connectivity index (χ2v) is 8.09. The van der Waals surface area contributed by atoms with Crippen LogP contribution in [0.3, 0.4) is 0 Å². The van der Waals surface area contributed by atoms with Crippen LogP contribution in [0.5, 0.6) is 0 Å². The topological polar surface area (TPSA) is 215 Å². The van der Waals surface area contributed by atoms with Crippen LogP contribution in [-0.4, -0.2) is 66.0 Å². The smallest absolute Gasteiger partial charge is 0.326 e. The average molecular weight is 444 g/mol. The molecule has 0 saturated heterocycles. The molecule has 0 aliphatic rings. The van der Waals surface area contributed by atoms with Crippen molar-refractivity contribution in [3.05, 3.63) is 0 Å². The summed E-state index contributed by atoms with van der Waals surface area (Å²) in [6.07, 6.45) is 0.749. The van der Waals surface area contributed by atoms with Gasteiger partial charge >= 0.3 is 5.97 Å². The van der Waals surface area contributed by atoms with Gasteiger partial charge in [0.25, 0.3) is 0 Å². The summed E-state index contributed by atoms with van der Waals surface area (Å²) in [4.78, 5) is 52.0. The molecule has 0 bridgehead atoms. The number of carbonyl (C=O) groups excluding carboxylic acids is 3. The van der Waals surface area contributed by atoms with Crippen LogP contribution in [0, 0.1) is 11.8 Å². The van der Waals surface area contributed by atoms with E-state index in [-0.39, 0.29) is 43.7 Å². The summed E-state index contributed by atoms with van der Waals surface area (Å²) >= 11 is 0. The third kappa shape index (κ3) is 12.4. The van der Waals surface area contributed by atoms with E-state index in [0.29, 0.717) is 6.42 Å². The van der Waals surface area contributed by atoms with E-state index in [9.17, 15) is 24.3 Å². The number of nitrogens with two attached hydrogens (primary N) is 3. The highest BCUT2D eigenvalue weighted by Crippen LogP contribution is 2.07. The van der Waals surface area contributed by atoms with Gasteiger partial charge in [-0.15, -0.1) is 0 Å². The highest BCUT2D eigenvalue weighted by Gasteiger charge is 2.27. The van der Waals surface area contributed by atoms with Crippen molar-refractivity contribution < 1.29 is 24.3 Å². The zero-order valence-electron chi connectivity index (χ0n) is 18.7. The lowest BCUT2D eigenvalue weighted by Crippen LogP contribution is -2.54. The fourth-order valence-corrected chi connectivity index (χ4v) is 2.57. The van der Waals surface area contributed by atoms with Crippen LogP contribution in [0.1, 0.15) is 47.0 Å². The molecule has 12 nitrogen and oxygen atoms in total. The van der Waals surface area contributed by atoms with Crippen LogP contribution in [0.25, 0.3) is 0 Å². The summed E-state index contributed by atoms with van der Waals surface area (Å²) in [7, 11) is 0. The number of nitrogens with one attached hydrogen (secondary N) is 3. The molecular weight excluding hydrogens is 406 g/mol. The van der Waals surface area contributed by atoms with Gasteiger partial charge in [0, 0.05) is 6.54 Å². The molecule has 3 atom stereocenters. The van der Waals surface area contributed by atoms with Crippen molar-refractivity contribution in [1.29, 1.82) is 0 Å². The Labute approximate surface area is 182 Å². The van der Waals surface area contributed by atoms with Gasteiger partial charge in [-0.25, -0.2) is 4.79 Å². The monoisotopic (exact) mass is 443 g/mol. The number of guanidine groups is 1. The van der Waals surface area contributed by atoms with Gasteiger partial charge in [0.2, 0.25) is 17.7 Å². The maximum Gasteiger partial charge on any atom is 0.326 e. The fraction of sp³-hybridized carbons (Fsp3) is 0.737. The van der Waals surface area contributed by atoms with Crippen molar-refractivity contribution >= 4 is 29.7 Å². The summed E-state index contributed by atoms with van der Waals surface area (Å²) in [5, 5.41) is 16.8. The highest BCUT2D eigenvalue weighted by atomic mass is 16.4. The third-order valence-electron chi connectivity index (χ3n) is 4.36. The van der Waals surface area contributed by atoms with Crippen LogP contribution in [0.2, 0.25) is 0 Å². The summed E-state index contributed by atoms with van der Waals surface area (Å²) in [5.74, 6) is -3.03. The maximum absolute atomic E-state index is 12.6. The number of rotatable bonds is 14. The normalized spacial score (nSPS) is 13.8. The molecule has 31 heavy (non-hydrogen) atoms. The lowest BCUT2D eigenvalue weighted by Gasteiger charge is -2.23. The van der Waals surface area contributed by atoms with E-state index in [2.05, 4.69) is 20.9 Å². The molecular formula is C19H37N7O5. The molecule has 0 spiro atoms. The minimum atomic E-state index is -1.21. The number of carboxylic acid groups (broad SMARTS) is 1. The molecule has 10 N–H and O–H groups in total. The zero-order chi connectivity index (χ0) is 24.1. The number of carbonyl (C=O) groups is 4. The second kappa shape index (κ2) is 14.2. The first-order chi connectivity index (χ1) is 14.3. The maximum atomic E-state index is 12.6. The Morgan fingerprint density at radius 2 is 1.58 bits per heavy atom. The molecule has 0 aliphatic carbocycles. The van der Waals surface area contributed by atoms with E-state index in [1.165, 1.54) is 0 Å². The number of amides is 3. The van der Waals surface area contributed by atoms with Crippen molar-refractivity contribution in [1.82, 2.24) is 16.0 Å². The first kappa shape index (κ1) is 28.1. The van der Waals surface area contributed by atoms with Crippen LogP contribution in [-0.2, 0) is 19.2 Å².